The van der Waals surface area contributed by atoms with Gasteiger partial charge in [0.2, 0.25) is 0 Å². The predicted octanol–water partition coefficient (Wildman–Crippen LogP) is 3.08. The minimum Gasteiger partial charge on any atom is -0.330 e. The average molecular weight is 372 g/mol. The molecule has 2 heterocycles. The molecule has 3 aromatic rings. The zero-order chi connectivity index (χ0) is 15.4. The Balaban J connectivity index is 0.00000192. The highest BCUT2D eigenvalue weighted by Crippen LogP contribution is 2.26. The lowest BCUT2D eigenvalue weighted by molar-refractivity contribution is 0.627. The Morgan fingerprint density at radius 2 is 2.00 bits per heavy atom. The van der Waals surface area contributed by atoms with E-state index in [9.17, 15) is 4.39 Å². The number of rotatable bonds is 6. The van der Waals surface area contributed by atoms with E-state index in [0.717, 1.165) is 22.4 Å². The summed E-state index contributed by atoms with van der Waals surface area (Å²) in [6.07, 6.45) is 2.46. The molecule has 0 fully saturated rings. The number of aromatic nitrogens is 4. The third-order valence-corrected chi connectivity index (χ3v) is 4.92. The van der Waals surface area contributed by atoms with E-state index < -0.39 is 0 Å². The molecule has 5 nitrogen and oxygen atoms in total. The fourth-order valence-electron chi connectivity index (χ4n) is 1.98. The molecule has 23 heavy (non-hydrogen) atoms. The molecular formula is C14H15ClFN5S2. The quantitative estimate of drug-likeness (QED) is 0.674. The SMILES string of the molecule is Cl.NCCc1nnc(SCc2cncs2)n1-c1ccc(F)cc1. The van der Waals surface area contributed by atoms with Crippen molar-refractivity contribution in [3.05, 3.63) is 52.5 Å². The number of nitrogens with two attached hydrogens (primary N) is 1. The summed E-state index contributed by atoms with van der Waals surface area (Å²) in [6, 6.07) is 6.29. The summed E-state index contributed by atoms with van der Waals surface area (Å²) in [6.45, 7) is 0.485. The van der Waals surface area contributed by atoms with Gasteiger partial charge in [-0.2, -0.15) is 0 Å². The lowest BCUT2D eigenvalue weighted by atomic mass is 10.3. The van der Waals surface area contributed by atoms with Crippen LogP contribution in [-0.4, -0.2) is 26.3 Å². The highest BCUT2D eigenvalue weighted by Gasteiger charge is 2.14. The number of benzene rings is 1. The molecule has 0 saturated heterocycles. The molecule has 9 heteroatoms. The van der Waals surface area contributed by atoms with Gasteiger partial charge in [0.1, 0.15) is 11.6 Å². The lowest BCUT2D eigenvalue weighted by Crippen LogP contribution is -2.09. The summed E-state index contributed by atoms with van der Waals surface area (Å²) in [5.74, 6) is 1.28. The van der Waals surface area contributed by atoms with Crippen molar-refractivity contribution in [3.63, 3.8) is 0 Å². The van der Waals surface area contributed by atoms with Crippen molar-refractivity contribution < 1.29 is 4.39 Å². The van der Waals surface area contributed by atoms with E-state index in [1.807, 2.05) is 10.8 Å². The van der Waals surface area contributed by atoms with Crippen LogP contribution in [0.2, 0.25) is 0 Å². The van der Waals surface area contributed by atoms with Crippen LogP contribution in [0.3, 0.4) is 0 Å². The zero-order valence-electron chi connectivity index (χ0n) is 12.1. The molecule has 0 saturated carbocycles. The van der Waals surface area contributed by atoms with Crippen LogP contribution in [0.15, 0.2) is 41.1 Å². The second kappa shape index (κ2) is 8.39. The van der Waals surface area contributed by atoms with Gasteiger partial charge < -0.3 is 5.73 Å². The number of halogens is 2. The fraction of sp³-hybridized carbons (Fsp3) is 0.214. The minimum atomic E-state index is -0.268. The smallest absolute Gasteiger partial charge is 0.196 e. The summed E-state index contributed by atoms with van der Waals surface area (Å²) in [5, 5.41) is 9.22. The number of thioether (sulfide) groups is 1. The van der Waals surface area contributed by atoms with Gasteiger partial charge in [0.25, 0.3) is 0 Å². The number of hydrogen-bond donors (Lipinski definition) is 1. The topological polar surface area (TPSA) is 69.6 Å². The van der Waals surface area contributed by atoms with Gasteiger partial charge in [-0.3, -0.25) is 9.55 Å². The van der Waals surface area contributed by atoms with Crippen LogP contribution in [0.4, 0.5) is 4.39 Å². The van der Waals surface area contributed by atoms with E-state index in [1.165, 1.54) is 17.0 Å². The highest BCUT2D eigenvalue weighted by atomic mass is 35.5. The summed E-state index contributed by atoms with van der Waals surface area (Å²) >= 11 is 3.18. The van der Waals surface area contributed by atoms with Crippen LogP contribution < -0.4 is 5.73 Å². The molecule has 2 aromatic heterocycles. The van der Waals surface area contributed by atoms with Crippen molar-refractivity contribution in [3.8, 4) is 5.69 Å². The van der Waals surface area contributed by atoms with Gasteiger partial charge in [0.15, 0.2) is 5.16 Å². The standard InChI is InChI=1S/C14H14FN5S2.ClH/c15-10-1-3-11(4-2-10)20-13(5-6-16)18-19-14(20)21-8-12-7-17-9-22-12;/h1-4,7,9H,5-6,8,16H2;1H. The lowest BCUT2D eigenvalue weighted by Gasteiger charge is -2.09. The first-order valence-corrected chi connectivity index (χ1v) is 8.55. The third kappa shape index (κ3) is 4.29. The number of thiazole rings is 1. The summed E-state index contributed by atoms with van der Waals surface area (Å²) in [5.41, 5.74) is 8.28. The Morgan fingerprint density at radius 1 is 1.22 bits per heavy atom. The van der Waals surface area contributed by atoms with Gasteiger partial charge in [0, 0.05) is 28.9 Å². The average Bonchev–Trinajstić information content (AvgIpc) is 3.16. The van der Waals surface area contributed by atoms with Crippen LogP contribution >= 0.6 is 35.5 Å². The molecule has 0 aliphatic heterocycles. The van der Waals surface area contributed by atoms with E-state index in [-0.39, 0.29) is 18.2 Å². The van der Waals surface area contributed by atoms with Crippen LogP contribution in [0.25, 0.3) is 5.69 Å². The fourth-order valence-corrected chi connectivity index (χ4v) is 3.60. The van der Waals surface area contributed by atoms with Crippen LogP contribution in [0, 0.1) is 5.82 Å². The molecular weight excluding hydrogens is 357 g/mol. The normalized spacial score (nSPS) is 10.5. The molecule has 0 unspecified atom stereocenters. The zero-order valence-corrected chi connectivity index (χ0v) is 14.5. The maximum absolute atomic E-state index is 13.1. The molecule has 0 aliphatic carbocycles. The Kier molecular flexibility index (Phi) is 6.52. The minimum absolute atomic E-state index is 0. The predicted molar refractivity (Wildman–Crippen MR) is 93.0 cm³/mol. The second-order valence-corrected chi connectivity index (χ2v) is 6.42. The van der Waals surface area contributed by atoms with Gasteiger partial charge in [0.05, 0.1) is 5.51 Å². The Morgan fingerprint density at radius 3 is 2.65 bits per heavy atom. The van der Waals surface area contributed by atoms with Crippen molar-refractivity contribution in [2.24, 2.45) is 5.73 Å². The first-order valence-electron chi connectivity index (χ1n) is 6.68. The molecule has 0 aliphatic rings. The summed E-state index contributed by atoms with van der Waals surface area (Å²) in [7, 11) is 0. The molecule has 1 aromatic carbocycles. The maximum atomic E-state index is 13.1. The van der Waals surface area contributed by atoms with Crippen molar-refractivity contribution in [1.82, 2.24) is 19.7 Å². The van der Waals surface area contributed by atoms with E-state index in [2.05, 4.69) is 15.2 Å². The molecule has 0 atom stereocenters. The number of hydrogen-bond acceptors (Lipinski definition) is 6. The largest absolute Gasteiger partial charge is 0.330 e. The van der Waals surface area contributed by atoms with E-state index >= 15 is 0 Å². The molecule has 3 rings (SSSR count). The van der Waals surface area contributed by atoms with Gasteiger partial charge >= 0.3 is 0 Å². The Bertz CT molecular complexity index is 730. The van der Waals surface area contributed by atoms with E-state index in [4.69, 9.17) is 5.73 Å². The Labute approximate surface area is 147 Å². The second-order valence-electron chi connectivity index (χ2n) is 4.51. The third-order valence-electron chi connectivity index (χ3n) is 2.98. The van der Waals surface area contributed by atoms with Crippen molar-refractivity contribution in [1.29, 1.82) is 0 Å². The first-order chi connectivity index (χ1) is 10.8. The van der Waals surface area contributed by atoms with Crippen LogP contribution in [0.1, 0.15) is 10.7 Å². The van der Waals surface area contributed by atoms with Gasteiger partial charge in [-0.1, -0.05) is 11.8 Å². The van der Waals surface area contributed by atoms with E-state index in [0.29, 0.717) is 13.0 Å². The van der Waals surface area contributed by atoms with E-state index in [1.54, 1.807) is 40.7 Å². The molecule has 0 radical (unpaired) electrons. The summed E-state index contributed by atoms with van der Waals surface area (Å²) < 4.78 is 15.1. The van der Waals surface area contributed by atoms with Crippen molar-refractivity contribution in [2.75, 3.05) is 6.54 Å². The van der Waals surface area contributed by atoms with Crippen molar-refractivity contribution >= 4 is 35.5 Å². The van der Waals surface area contributed by atoms with Gasteiger partial charge in [-0.25, -0.2) is 4.39 Å². The van der Waals surface area contributed by atoms with Crippen LogP contribution in [-0.2, 0) is 12.2 Å². The van der Waals surface area contributed by atoms with Crippen LogP contribution in [0.5, 0.6) is 0 Å². The highest BCUT2D eigenvalue weighted by molar-refractivity contribution is 7.98. The van der Waals surface area contributed by atoms with Gasteiger partial charge in [-0.15, -0.1) is 33.9 Å². The maximum Gasteiger partial charge on any atom is 0.196 e. The molecule has 0 amide bonds. The monoisotopic (exact) mass is 371 g/mol. The molecule has 0 bridgehead atoms. The molecule has 122 valence electrons. The van der Waals surface area contributed by atoms with Crippen molar-refractivity contribution in [2.45, 2.75) is 17.3 Å². The molecule has 2 N–H and O–H groups in total. The summed E-state index contributed by atoms with van der Waals surface area (Å²) in [4.78, 5) is 5.23. The Hall–Kier alpha value is -1.48. The first kappa shape index (κ1) is 17.9. The number of nitrogens with zero attached hydrogens (tertiary/aromatic N) is 4. The van der Waals surface area contributed by atoms with Gasteiger partial charge in [-0.05, 0) is 30.8 Å². The molecule has 0 spiro atoms.